The summed E-state index contributed by atoms with van der Waals surface area (Å²) in [6, 6.07) is 0.0179. The first-order valence-corrected chi connectivity index (χ1v) is 7.23. The predicted octanol–water partition coefficient (Wildman–Crippen LogP) is 0.418. The maximum atomic E-state index is 11.2. The van der Waals surface area contributed by atoms with Crippen molar-refractivity contribution in [1.29, 1.82) is 0 Å². The lowest BCUT2D eigenvalue weighted by atomic mass is 10.3. The molecule has 0 aliphatic heterocycles. The van der Waals surface area contributed by atoms with Crippen molar-refractivity contribution in [2.75, 3.05) is 25.1 Å². The van der Waals surface area contributed by atoms with Gasteiger partial charge in [0, 0.05) is 5.75 Å². The van der Waals surface area contributed by atoms with Gasteiger partial charge in [-0.05, 0) is 26.9 Å². The van der Waals surface area contributed by atoms with E-state index in [0.717, 1.165) is 0 Å². The Bertz CT molecular complexity index is 301. The first kappa shape index (κ1) is 14.8. The van der Waals surface area contributed by atoms with Crippen molar-refractivity contribution in [3.8, 4) is 0 Å². The first-order valence-electron chi connectivity index (χ1n) is 5.00. The van der Waals surface area contributed by atoms with Crippen LogP contribution in [0.5, 0.6) is 0 Å². The van der Waals surface area contributed by atoms with Crippen molar-refractivity contribution in [2.24, 2.45) is 5.73 Å². The van der Waals surface area contributed by atoms with Gasteiger partial charge in [0.1, 0.15) is 9.84 Å². The number of nitrogens with two attached hydrogens (primary N) is 1. The lowest BCUT2D eigenvalue weighted by Crippen LogP contribution is -2.40. The summed E-state index contributed by atoms with van der Waals surface area (Å²) in [6.45, 7) is 4.27. The zero-order valence-electron chi connectivity index (χ0n) is 9.56. The van der Waals surface area contributed by atoms with Crippen LogP contribution in [0.1, 0.15) is 20.3 Å². The SMILES string of the molecule is CCS(=O)(=O)CCCN(C)C(C)C(N)=S. The maximum Gasteiger partial charge on any atom is 0.150 e. The van der Waals surface area contributed by atoms with Crippen LogP contribution in [0.2, 0.25) is 0 Å². The summed E-state index contributed by atoms with van der Waals surface area (Å²) >= 11 is 4.86. The molecule has 0 saturated heterocycles. The van der Waals surface area contributed by atoms with E-state index in [0.29, 0.717) is 18.0 Å². The minimum Gasteiger partial charge on any atom is -0.392 e. The normalized spacial score (nSPS) is 14.1. The molecule has 0 heterocycles. The topological polar surface area (TPSA) is 63.4 Å². The Hall–Kier alpha value is -0.200. The van der Waals surface area contributed by atoms with E-state index in [4.69, 9.17) is 18.0 Å². The highest BCUT2D eigenvalue weighted by Gasteiger charge is 2.13. The van der Waals surface area contributed by atoms with Crippen molar-refractivity contribution in [3.63, 3.8) is 0 Å². The Morgan fingerprint density at radius 2 is 2.07 bits per heavy atom. The molecule has 0 radical (unpaired) electrons. The van der Waals surface area contributed by atoms with Crippen LogP contribution in [0.15, 0.2) is 0 Å². The number of sulfone groups is 1. The molecule has 0 aliphatic carbocycles. The highest BCUT2D eigenvalue weighted by molar-refractivity contribution is 7.91. The average Bonchev–Trinajstić information content (AvgIpc) is 2.16. The summed E-state index contributed by atoms with van der Waals surface area (Å²) < 4.78 is 22.4. The number of likely N-dealkylation sites (N-methyl/N-ethyl adjacent to an activating group) is 1. The van der Waals surface area contributed by atoms with E-state index in [2.05, 4.69) is 0 Å². The minimum absolute atomic E-state index is 0.0179. The molecule has 1 atom stereocenters. The van der Waals surface area contributed by atoms with Crippen LogP contribution in [-0.4, -0.2) is 49.4 Å². The van der Waals surface area contributed by atoms with Gasteiger partial charge in [-0.1, -0.05) is 19.1 Å². The van der Waals surface area contributed by atoms with E-state index in [1.807, 2.05) is 18.9 Å². The lowest BCUT2D eigenvalue weighted by Gasteiger charge is -2.23. The van der Waals surface area contributed by atoms with Gasteiger partial charge in [0.15, 0.2) is 0 Å². The first-order chi connectivity index (χ1) is 6.80. The fraction of sp³-hybridized carbons (Fsp3) is 0.889. The van der Waals surface area contributed by atoms with Crippen LogP contribution < -0.4 is 5.73 Å². The molecule has 6 heteroatoms. The number of thiocarbonyl (C=S) groups is 1. The molecule has 0 spiro atoms. The Kier molecular flexibility index (Phi) is 6.31. The largest absolute Gasteiger partial charge is 0.392 e. The van der Waals surface area contributed by atoms with Crippen molar-refractivity contribution in [2.45, 2.75) is 26.3 Å². The molecular weight excluding hydrogens is 232 g/mol. The highest BCUT2D eigenvalue weighted by atomic mass is 32.2. The molecule has 4 nitrogen and oxygen atoms in total. The molecule has 2 N–H and O–H groups in total. The van der Waals surface area contributed by atoms with Crippen molar-refractivity contribution < 1.29 is 8.42 Å². The quantitative estimate of drug-likeness (QED) is 0.665. The van der Waals surface area contributed by atoms with E-state index in [-0.39, 0.29) is 17.5 Å². The van der Waals surface area contributed by atoms with Gasteiger partial charge >= 0.3 is 0 Å². The van der Waals surface area contributed by atoms with E-state index < -0.39 is 9.84 Å². The third-order valence-electron chi connectivity index (χ3n) is 2.48. The second-order valence-electron chi connectivity index (χ2n) is 3.65. The number of rotatable bonds is 7. The molecule has 0 bridgehead atoms. The summed E-state index contributed by atoms with van der Waals surface area (Å²) in [7, 11) is -0.961. The van der Waals surface area contributed by atoms with Crippen molar-refractivity contribution in [1.82, 2.24) is 4.90 Å². The zero-order valence-corrected chi connectivity index (χ0v) is 11.2. The standard InChI is InChI=1S/C9H20N2O2S2/c1-4-15(12,13)7-5-6-11(3)8(2)9(10)14/h8H,4-7H2,1-3H3,(H2,10,14). The zero-order chi connectivity index (χ0) is 12.1. The monoisotopic (exact) mass is 252 g/mol. The van der Waals surface area contributed by atoms with E-state index in [9.17, 15) is 8.42 Å². The average molecular weight is 252 g/mol. The van der Waals surface area contributed by atoms with Gasteiger partial charge in [-0.25, -0.2) is 8.42 Å². The third-order valence-corrected chi connectivity index (χ3v) is 4.61. The highest BCUT2D eigenvalue weighted by Crippen LogP contribution is 2.00. The lowest BCUT2D eigenvalue weighted by molar-refractivity contribution is 0.313. The maximum absolute atomic E-state index is 11.2. The Balaban J connectivity index is 3.93. The van der Waals surface area contributed by atoms with Gasteiger partial charge in [-0.15, -0.1) is 0 Å². The molecule has 1 unspecified atom stereocenters. The van der Waals surface area contributed by atoms with Crippen LogP contribution in [0.25, 0.3) is 0 Å². The van der Waals surface area contributed by atoms with E-state index in [1.165, 1.54) is 0 Å². The molecular formula is C9H20N2O2S2. The van der Waals surface area contributed by atoms with Crippen LogP contribution in [0, 0.1) is 0 Å². The van der Waals surface area contributed by atoms with Crippen molar-refractivity contribution >= 4 is 27.0 Å². The number of hydrogen-bond acceptors (Lipinski definition) is 4. The fourth-order valence-corrected chi connectivity index (χ4v) is 2.13. The van der Waals surface area contributed by atoms with E-state index in [1.54, 1.807) is 6.92 Å². The van der Waals surface area contributed by atoms with Crippen LogP contribution in [-0.2, 0) is 9.84 Å². The molecule has 0 aromatic carbocycles. The van der Waals surface area contributed by atoms with Gasteiger partial charge in [0.05, 0.1) is 16.8 Å². The molecule has 15 heavy (non-hydrogen) atoms. The van der Waals surface area contributed by atoms with Crippen LogP contribution >= 0.6 is 12.2 Å². The van der Waals surface area contributed by atoms with Crippen LogP contribution in [0.3, 0.4) is 0 Å². The summed E-state index contributed by atoms with van der Waals surface area (Å²) in [5.74, 6) is 0.444. The van der Waals surface area contributed by atoms with Crippen LogP contribution in [0.4, 0.5) is 0 Å². The Morgan fingerprint density at radius 1 is 1.53 bits per heavy atom. The van der Waals surface area contributed by atoms with Gasteiger partial charge in [-0.3, -0.25) is 4.90 Å². The van der Waals surface area contributed by atoms with Crippen molar-refractivity contribution in [3.05, 3.63) is 0 Å². The van der Waals surface area contributed by atoms with E-state index >= 15 is 0 Å². The summed E-state index contributed by atoms with van der Waals surface area (Å²) in [6.07, 6.45) is 0.625. The number of nitrogens with zero attached hydrogens (tertiary/aromatic N) is 1. The predicted molar refractivity (Wildman–Crippen MR) is 67.8 cm³/mol. The molecule has 0 saturated carbocycles. The third kappa shape index (κ3) is 6.06. The van der Waals surface area contributed by atoms with Gasteiger partial charge in [0.25, 0.3) is 0 Å². The molecule has 90 valence electrons. The second kappa shape index (κ2) is 6.40. The smallest absolute Gasteiger partial charge is 0.150 e. The Morgan fingerprint density at radius 3 is 2.47 bits per heavy atom. The summed E-state index contributed by atoms with van der Waals surface area (Å²) in [5.41, 5.74) is 5.49. The molecule has 0 aliphatic rings. The van der Waals surface area contributed by atoms with Gasteiger partial charge in [0.2, 0.25) is 0 Å². The minimum atomic E-state index is -2.85. The Labute approximate surface area is 97.7 Å². The summed E-state index contributed by atoms with van der Waals surface area (Å²) in [5, 5.41) is 0. The second-order valence-corrected chi connectivity index (χ2v) is 6.59. The van der Waals surface area contributed by atoms with Gasteiger partial charge in [-0.2, -0.15) is 0 Å². The molecule has 0 rings (SSSR count). The molecule has 0 aromatic rings. The molecule has 0 aromatic heterocycles. The molecule has 0 amide bonds. The summed E-state index contributed by atoms with van der Waals surface area (Å²) in [4.78, 5) is 2.41. The number of hydrogen-bond donors (Lipinski definition) is 1. The van der Waals surface area contributed by atoms with Gasteiger partial charge < -0.3 is 5.73 Å². The molecule has 0 fully saturated rings. The fourth-order valence-electron chi connectivity index (χ4n) is 1.09.